The number of carbonyl (C=O) groups is 1. The molecule has 0 saturated heterocycles. The summed E-state index contributed by atoms with van der Waals surface area (Å²) in [4.78, 5) is 27.6. The number of nitrogens with zero attached hydrogens (tertiary/aromatic N) is 1. The zero-order valence-electron chi connectivity index (χ0n) is 18.3. The van der Waals surface area contributed by atoms with Gasteiger partial charge in [-0.15, -0.1) is 0 Å². The van der Waals surface area contributed by atoms with Gasteiger partial charge in [-0.2, -0.15) is 0 Å². The summed E-state index contributed by atoms with van der Waals surface area (Å²) in [5.74, 6) is 0.498. The van der Waals surface area contributed by atoms with E-state index in [1.807, 2.05) is 13.0 Å². The van der Waals surface area contributed by atoms with Gasteiger partial charge in [-0.05, 0) is 67.6 Å². The van der Waals surface area contributed by atoms with E-state index in [0.717, 1.165) is 35.0 Å². The summed E-state index contributed by atoms with van der Waals surface area (Å²) in [5, 5.41) is 0.810. The largest absolute Gasteiger partial charge is 0.497 e. The minimum absolute atomic E-state index is 0.105. The molecular weight excluding hydrogens is 430 g/mol. The second-order valence-corrected chi connectivity index (χ2v) is 10.1. The molecule has 1 aliphatic rings. The van der Waals surface area contributed by atoms with Gasteiger partial charge in [0.1, 0.15) is 11.3 Å². The van der Waals surface area contributed by atoms with Gasteiger partial charge in [0.25, 0.3) is 0 Å². The third kappa shape index (κ3) is 4.14. The maximum Gasteiger partial charge on any atom is 0.339 e. The number of hydrogen-bond acceptors (Lipinski definition) is 6. The van der Waals surface area contributed by atoms with Crippen LogP contribution in [-0.4, -0.2) is 34.2 Å². The summed E-state index contributed by atoms with van der Waals surface area (Å²) in [6.45, 7) is 2.42. The highest BCUT2D eigenvalue weighted by atomic mass is 32.2. The van der Waals surface area contributed by atoms with Gasteiger partial charge < -0.3 is 14.1 Å². The van der Waals surface area contributed by atoms with Crippen molar-refractivity contribution in [3.05, 3.63) is 63.5 Å². The summed E-state index contributed by atoms with van der Waals surface area (Å²) < 4.78 is 34.4. The molecule has 0 atom stereocenters. The van der Waals surface area contributed by atoms with Crippen LogP contribution in [0.3, 0.4) is 0 Å². The third-order valence-corrected chi connectivity index (χ3v) is 7.09. The quantitative estimate of drug-likeness (QED) is 0.547. The molecule has 3 aromatic rings. The van der Waals surface area contributed by atoms with Crippen LogP contribution in [0.1, 0.15) is 29.5 Å². The maximum atomic E-state index is 13.0. The van der Waals surface area contributed by atoms with E-state index in [0.29, 0.717) is 23.4 Å². The average Bonchev–Trinajstić information content (AvgIpc) is 2.76. The molecule has 2 aromatic carbocycles. The molecular formula is C24H25NO6S. The fourth-order valence-corrected chi connectivity index (χ4v) is 4.89. The van der Waals surface area contributed by atoms with Crippen molar-refractivity contribution in [2.75, 3.05) is 24.8 Å². The van der Waals surface area contributed by atoms with Crippen LogP contribution in [0.25, 0.3) is 11.0 Å². The fraction of sp³-hybridized carbons (Fsp3) is 0.333. The van der Waals surface area contributed by atoms with Crippen LogP contribution in [0.15, 0.2) is 50.5 Å². The molecule has 32 heavy (non-hydrogen) atoms. The lowest BCUT2D eigenvalue weighted by Crippen LogP contribution is -2.36. The monoisotopic (exact) mass is 455 g/mol. The average molecular weight is 456 g/mol. The van der Waals surface area contributed by atoms with Crippen molar-refractivity contribution in [1.82, 2.24) is 0 Å². The van der Waals surface area contributed by atoms with Crippen molar-refractivity contribution in [2.24, 2.45) is 0 Å². The number of benzene rings is 2. The number of fused-ring (bicyclic) bond motifs is 2. The number of hydrogen-bond donors (Lipinski definition) is 0. The molecule has 2 heterocycles. The number of ether oxygens (including phenoxy) is 1. The van der Waals surface area contributed by atoms with Gasteiger partial charge in [0.2, 0.25) is 5.91 Å². The second-order valence-electron chi connectivity index (χ2n) is 8.07. The number of sulfone groups is 1. The van der Waals surface area contributed by atoms with Crippen LogP contribution in [0.5, 0.6) is 5.75 Å². The van der Waals surface area contributed by atoms with Crippen LogP contribution < -0.4 is 15.3 Å². The van der Waals surface area contributed by atoms with E-state index in [-0.39, 0.29) is 23.6 Å². The third-order valence-electron chi connectivity index (χ3n) is 5.98. The number of carbonyl (C=O) groups excluding carboxylic acids is 1. The molecule has 1 aromatic heterocycles. The van der Waals surface area contributed by atoms with Gasteiger partial charge in [0.05, 0.1) is 12.0 Å². The number of aryl methyl sites for hydroxylation is 2. The van der Waals surface area contributed by atoms with E-state index >= 15 is 0 Å². The smallest absolute Gasteiger partial charge is 0.339 e. The Balaban J connectivity index is 1.57. The lowest BCUT2D eigenvalue weighted by Gasteiger charge is -2.30. The van der Waals surface area contributed by atoms with Crippen LogP contribution >= 0.6 is 0 Å². The Bertz CT molecular complexity index is 1370. The molecule has 0 aliphatic carbocycles. The zero-order chi connectivity index (χ0) is 23.0. The number of anilines is 1. The summed E-state index contributed by atoms with van der Waals surface area (Å²) in [7, 11) is -1.76. The molecule has 1 amide bonds. The molecule has 0 fully saturated rings. The minimum Gasteiger partial charge on any atom is -0.497 e. The normalized spacial score (nSPS) is 13.8. The second kappa shape index (κ2) is 8.43. The summed E-state index contributed by atoms with van der Waals surface area (Å²) in [5.41, 5.74) is 2.87. The maximum absolute atomic E-state index is 13.0. The van der Waals surface area contributed by atoms with E-state index < -0.39 is 15.5 Å². The number of rotatable bonds is 5. The molecule has 0 spiro atoms. The highest BCUT2D eigenvalue weighted by Gasteiger charge is 2.24. The molecule has 4 rings (SSSR count). The first-order chi connectivity index (χ1) is 15.2. The molecule has 8 heteroatoms. The molecule has 0 unspecified atom stereocenters. The molecule has 1 aliphatic heterocycles. The Hall–Kier alpha value is -3.13. The first-order valence-corrected chi connectivity index (χ1v) is 12.3. The molecule has 0 saturated carbocycles. The van der Waals surface area contributed by atoms with Crippen molar-refractivity contribution in [3.8, 4) is 5.75 Å². The molecule has 0 radical (unpaired) electrons. The van der Waals surface area contributed by atoms with Gasteiger partial charge in [-0.1, -0.05) is 0 Å². The van der Waals surface area contributed by atoms with Crippen molar-refractivity contribution >= 4 is 32.4 Å². The number of methoxy groups -OCH3 is 1. The van der Waals surface area contributed by atoms with E-state index in [2.05, 4.69) is 0 Å². The van der Waals surface area contributed by atoms with Gasteiger partial charge in [-0.25, -0.2) is 13.2 Å². The Labute approximate surface area is 186 Å². The van der Waals surface area contributed by atoms with Crippen LogP contribution in [0.4, 0.5) is 5.69 Å². The lowest BCUT2D eigenvalue weighted by atomic mass is 9.99. The predicted octanol–water partition coefficient (Wildman–Crippen LogP) is 3.43. The van der Waals surface area contributed by atoms with Crippen LogP contribution in [-0.2, 0) is 27.5 Å². The van der Waals surface area contributed by atoms with Crippen LogP contribution in [0.2, 0.25) is 0 Å². The standard InChI is InChI=1S/C24H25NO6S/c1-15-19-8-6-17(30-2)14-22(19)31-24(27)20(15)9-11-23(26)25-12-4-5-16-13-18(32(3,28)29)7-10-21(16)25/h6-8,10,13-14H,4-5,9,11-12H2,1-3H3. The van der Waals surface area contributed by atoms with E-state index in [9.17, 15) is 18.0 Å². The first kappa shape index (κ1) is 22.1. The Kier molecular flexibility index (Phi) is 5.81. The molecule has 0 N–H and O–H groups in total. The Morgan fingerprint density at radius 1 is 1.19 bits per heavy atom. The van der Waals surface area contributed by atoms with Crippen molar-refractivity contribution in [1.29, 1.82) is 0 Å². The SMILES string of the molecule is COc1ccc2c(C)c(CCC(=O)N3CCCc4cc(S(C)(=O)=O)ccc43)c(=O)oc2c1. The summed E-state index contributed by atoms with van der Waals surface area (Å²) >= 11 is 0. The molecule has 168 valence electrons. The Morgan fingerprint density at radius 2 is 1.97 bits per heavy atom. The first-order valence-electron chi connectivity index (χ1n) is 10.4. The van der Waals surface area contributed by atoms with E-state index in [1.165, 1.54) is 12.3 Å². The highest BCUT2D eigenvalue weighted by molar-refractivity contribution is 7.90. The minimum atomic E-state index is -3.31. The van der Waals surface area contributed by atoms with Crippen molar-refractivity contribution in [2.45, 2.75) is 37.5 Å². The van der Waals surface area contributed by atoms with Gasteiger partial charge >= 0.3 is 5.63 Å². The van der Waals surface area contributed by atoms with Crippen molar-refractivity contribution in [3.63, 3.8) is 0 Å². The summed E-state index contributed by atoms with van der Waals surface area (Å²) in [6.07, 6.45) is 3.07. The molecule has 7 nitrogen and oxygen atoms in total. The lowest BCUT2D eigenvalue weighted by molar-refractivity contribution is -0.118. The highest BCUT2D eigenvalue weighted by Crippen LogP contribution is 2.30. The topological polar surface area (TPSA) is 93.9 Å². The van der Waals surface area contributed by atoms with Gasteiger partial charge in [0, 0.05) is 41.9 Å². The van der Waals surface area contributed by atoms with E-state index in [4.69, 9.17) is 9.15 Å². The van der Waals surface area contributed by atoms with Crippen LogP contribution in [0, 0.1) is 6.92 Å². The van der Waals surface area contributed by atoms with Gasteiger partial charge in [-0.3, -0.25) is 4.79 Å². The fourth-order valence-electron chi connectivity index (χ4n) is 4.22. The predicted molar refractivity (Wildman–Crippen MR) is 122 cm³/mol. The Morgan fingerprint density at radius 3 is 2.69 bits per heavy atom. The van der Waals surface area contributed by atoms with E-state index in [1.54, 1.807) is 36.3 Å². The van der Waals surface area contributed by atoms with Gasteiger partial charge in [0.15, 0.2) is 9.84 Å². The number of amides is 1. The molecule has 0 bridgehead atoms. The zero-order valence-corrected chi connectivity index (χ0v) is 19.1. The summed E-state index contributed by atoms with van der Waals surface area (Å²) in [6, 6.07) is 10.2. The van der Waals surface area contributed by atoms with Crippen molar-refractivity contribution < 1.29 is 22.4 Å².